The third-order valence-corrected chi connectivity index (χ3v) is 1.60. The lowest BCUT2D eigenvalue weighted by Crippen LogP contribution is -1.98. The Bertz CT molecular complexity index is 263. The molecule has 0 aliphatic rings. The Balaban J connectivity index is 2.91. The van der Waals surface area contributed by atoms with Crippen molar-refractivity contribution in [2.24, 2.45) is 5.16 Å². The summed E-state index contributed by atoms with van der Waals surface area (Å²) in [6.07, 6.45) is 0.733. The van der Waals surface area contributed by atoms with E-state index in [9.17, 15) is 0 Å². The molecule has 11 heavy (non-hydrogen) atoms. The van der Waals surface area contributed by atoms with Gasteiger partial charge in [-0.1, -0.05) is 12.1 Å². The number of hydrogen-bond acceptors (Lipinski definition) is 2. The quantitative estimate of drug-likeness (QED) is 0.379. The SMILES string of the molecule is CC/C(=N\O)c1ccc(C)[nH]1. The molecule has 0 radical (unpaired) electrons. The smallest absolute Gasteiger partial charge is 0.103 e. The molecule has 0 atom stereocenters. The van der Waals surface area contributed by atoms with Crippen LogP contribution in [-0.2, 0) is 0 Å². The second-order valence-electron chi connectivity index (χ2n) is 2.46. The zero-order valence-corrected chi connectivity index (χ0v) is 6.76. The lowest BCUT2D eigenvalue weighted by Gasteiger charge is -1.95. The van der Waals surface area contributed by atoms with Crippen LogP contribution in [0.1, 0.15) is 24.7 Å². The minimum Gasteiger partial charge on any atom is -0.411 e. The van der Waals surface area contributed by atoms with E-state index in [0.29, 0.717) is 5.71 Å². The number of aromatic amines is 1. The van der Waals surface area contributed by atoms with Crippen molar-refractivity contribution in [3.8, 4) is 0 Å². The van der Waals surface area contributed by atoms with Gasteiger partial charge >= 0.3 is 0 Å². The molecule has 0 aliphatic carbocycles. The lowest BCUT2D eigenvalue weighted by molar-refractivity contribution is 0.318. The third-order valence-electron chi connectivity index (χ3n) is 1.60. The summed E-state index contributed by atoms with van der Waals surface area (Å²) in [4.78, 5) is 3.09. The summed E-state index contributed by atoms with van der Waals surface area (Å²) in [6, 6.07) is 3.87. The van der Waals surface area contributed by atoms with E-state index in [4.69, 9.17) is 5.21 Å². The number of nitrogens with one attached hydrogen (secondary N) is 1. The van der Waals surface area contributed by atoms with Crippen LogP contribution in [0.2, 0.25) is 0 Å². The summed E-state index contributed by atoms with van der Waals surface area (Å²) in [7, 11) is 0. The van der Waals surface area contributed by atoms with Crippen LogP contribution in [0.4, 0.5) is 0 Å². The van der Waals surface area contributed by atoms with Crippen molar-refractivity contribution >= 4 is 5.71 Å². The van der Waals surface area contributed by atoms with Gasteiger partial charge in [-0.15, -0.1) is 0 Å². The molecule has 3 heteroatoms. The number of rotatable bonds is 2. The fraction of sp³-hybridized carbons (Fsp3) is 0.375. The molecule has 60 valence electrons. The maximum absolute atomic E-state index is 8.56. The normalized spacial score (nSPS) is 12.0. The summed E-state index contributed by atoms with van der Waals surface area (Å²) in [6.45, 7) is 3.92. The first kappa shape index (κ1) is 7.85. The first-order valence-electron chi connectivity index (χ1n) is 3.64. The van der Waals surface area contributed by atoms with Crippen molar-refractivity contribution in [2.75, 3.05) is 0 Å². The molecular formula is C8H12N2O. The second-order valence-corrected chi connectivity index (χ2v) is 2.46. The van der Waals surface area contributed by atoms with Crippen LogP contribution in [-0.4, -0.2) is 15.9 Å². The van der Waals surface area contributed by atoms with Crippen LogP contribution in [0.3, 0.4) is 0 Å². The Kier molecular flexibility index (Phi) is 2.31. The molecule has 1 aromatic heterocycles. The van der Waals surface area contributed by atoms with E-state index in [1.807, 2.05) is 26.0 Å². The van der Waals surface area contributed by atoms with Gasteiger partial charge in [0.05, 0.1) is 5.69 Å². The molecule has 0 spiro atoms. The fourth-order valence-electron chi connectivity index (χ4n) is 0.987. The van der Waals surface area contributed by atoms with Gasteiger partial charge in [0.25, 0.3) is 0 Å². The van der Waals surface area contributed by atoms with Gasteiger partial charge in [0, 0.05) is 5.69 Å². The Hall–Kier alpha value is -1.25. The van der Waals surface area contributed by atoms with Crippen molar-refractivity contribution in [2.45, 2.75) is 20.3 Å². The zero-order valence-electron chi connectivity index (χ0n) is 6.76. The average molecular weight is 152 g/mol. The van der Waals surface area contributed by atoms with Gasteiger partial charge in [-0.25, -0.2) is 0 Å². The first-order valence-corrected chi connectivity index (χ1v) is 3.64. The van der Waals surface area contributed by atoms with E-state index in [-0.39, 0.29) is 0 Å². The molecule has 0 amide bonds. The van der Waals surface area contributed by atoms with Gasteiger partial charge in [-0.05, 0) is 25.5 Å². The number of nitrogens with zero attached hydrogens (tertiary/aromatic N) is 1. The number of oxime groups is 1. The largest absolute Gasteiger partial charge is 0.411 e. The molecule has 2 N–H and O–H groups in total. The van der Waals surface area contributed by atoms with Gasteiger partial charge in [0.1, 0.15) is 5.71 Å². The van der Waals surface area contributed by atoms with E-state index < -0.39 is 0 Å². The second kappa shape index (κ2) is 3.23. The summed E-state index contributed by atoms with van der Waals surface area (Å²) in [5.74, 6) is 0. The summed E-state index contributed by atoms with van der Waals surface area (Å²) in [5.41, 5.74) is 2.67. The molecule has 0 aromatic carbocycles. The van der Waals surface area contributed by atoms with Gasteiger partial charge in [-0.3, -0.25) is 0 Å². The Morgan fingerprint density at radius 1 is 1.64 bits per heavy atom. The molecule has 0 fully saturated rings. The standard InChI is InChI=1S/C8H12N2O/c1-3-7(10-11)8-5-4-6(2)9-8/h4-5,9,11H,3H2,1-2H3/b10-7+. The highest BCUT2D eigenvalue weighted by molar-refractivity contribution is 5.98. The molecule has 1 aromatic rings. The van der Waals surface area contributed by atoms with Crippen LogP contribution in [0, 0.1) is 6.92 Å². The van der Waals surface area contributed by atoms with Crippen molar-refractivity contribution in [1.82, 2.24) is 4.98 Å². The predicted octanol–water partition coefficient (Wildman–Crippen LogP) is 1.91. The highest BCUT2D eigenvalue weighted by Crippen LogP contribution is 2.03. The molecule has 1 rings (SSSR count). The third kappa shape index (κ3) is 1.61. The summed E-state index contributed by atoms with van der Waals surface area (Å²) in [5, 5.41) is 11.7. The molecular weight excluding hydrogens is 140 g/mol. The van der Waals surface area contributed by atoms with Gasteiger partial charge in [0.2, 0.25) is 0 Å². The van der Waals surface area contributed by atoms with E-state index in [0.717, 1.165) is 17.8 Å². The average Bonchev–Trinajstić information content (AvgIpc) is 2.39. The molecule has 0 unspecified atom stereocenters. The Labute approximate surface area is 65.7 Å². The number of hydrogen-bond donors (Lipinski definition) is 2. The first-order chi connectivity index (χ1) is 5.27. The van der Waals surface area contributed by atoms with E-state index in [1.165, 1.54) is 0 Å². The van der Waals surface area contributed by atoms with Crippen molar-refractivity contribution in [3.63, 3.8) is 0 Å². The summed E-state index contributed by atoms with van der Waals surface area (Å²) < 4.78 is 0. The molecule has 3 nitrogen and oxygen atoms in total. The monoisotopic (exact) mass is 152 g/mol. The number of aromatic nitrogens is 1. The Morgan fingerprint density at radius 3 is 2.73 bits per heavy atom. The summed E-state index contributed by atoms with van der Waals surface area (Å²) >= 11 is 0. The predicted molar refractivity (Wildman–Crippen MR) is 44.1 cm³/mol. The maximum Gasteiger partial charge on any atom is 0.103 e. The maximum atomic E-state index is 8.56. The van der Waals surface area contributed by atoms with Crippen molar-refractivity contribution < 1.29 is 5.21 Å². The number of H-pyrrole nitrogens is 1. The van der Waals surface area contributed by atoms with Crippen LogP contribution < -0.4 is 0 Å². The minimum atomic E-state index is 0.693. The van der Waals surface area contributed by atoms with Crippen molar-refractivity contribution in [1.29, 1.82) is 0 Å². The molecule has 0 saturated carbocycles. The molecule has 0 bridgehead atoms. The van der Waals surface area contributed by atoms with Gasteiger partial charge in [-0.2, -0.15) is 0 Å². The number of aryl methyl sites for hydroxylation is 1. The topological polar surface area (TPSA) is 48.4 Å². The van der Waals surface area contributed by atoms with Gasteiger partial charge in [0.15, 0.2) is 0 Å². The highest BCUT2D eigenvalue weighted by atomic mass is 16.4. The fourth-order valence-corrected chi connectivity index (χ4v) is 0.987. The molecule has 0 aliphatic heterocycles. The van der Waals surface area contributed by atoms with E-state index in [1.54, 1.807) is 0 Å². The van der Waals surface area contributed by atoms with Crippen LogP contribution in [0.5, 0.6) is 0 Å². The van der Waals surface area contributed by atoms with E-state index in [2.05, 4.69) is 10.1 Å². The van der Waals surface area contributed by atoms with Crippen LogP contribution >= 0.6 is 0 Å². The van der Waals surface area contributed by atoms with Crippen LogP contribution in [0.25, 0.3) is 0 Å². The lowest BCUT2D eigenvalue weighted by atomic mass is 10.2. The highest BCUT2D eigenvalue weighted by Gasteiger charge is 2.01. The molecule has 1 heterocycles. The zero-order chi connectivity index (χ0) is 8.27. The minimum absolute atomic E-state index is 0.693. The van der Waals surface area contributed by atoms with Gasteiger partial charge < -0.3 is 10.2 Å². The van der Waals surface area contributed by atoms with Crippen LogP contribution in [0.15, 0.2) is 17.3 Å². The Morgan fingerprint density at radius 2 is 2.36 bits per heavy atom. The van der Waals surface area contributed by atoms with E-state index >= 15 is 0 Å². The van der Waals surface area contributed by atoms with Crippen molar-refractivity contribution in [3.05, 3.63) is 23.5 Å². The molecule has 0 saturated heterocycles.